The van der Waals surface area contributed by atoms with E-state index in [1.54, 1.807) is 0 Å². The van der Waals surface area contributed by atoms with Gasteiger partial charge in [-0.1, -0.05) is 43.9 Å². The fraction of sp³-hybridized carbons (Fsp3) is 0.600. The minimum Gasteiger partial charge on any atom is -0.491 e. The van der Waals surface area contributed by atoms with Crippen LogP contribution in [0.15, 0.2) is 24.3 Å². The Kier molecular flexibility index (Phi) is 2.83. The van der Waals surface area contributed by atoms with E-state index in [4.69, 9.17) is 10.5 Å². The van der Waals surface area contributed by atoms with E-state index in [1.807, 2.05) is 12.1 Å². The van der Waals surface area contributed by atoms with Crippen molar-refractivity contribution in [2.75, 3.05) is 6.61 Å². The molecule has 2 nitrogen and oxygen atoms in total. The van der Waals surface area contributed by atoms with Crippen molar-refractivity contribution in [1.29, 1.82) is 0 Å². The highest BCUT2D eigenvalue weighted by Gasteiger charge is 2.34. The number of ether oxygens (including phenoxy) is 1. The molecule has 1 unspecified atom stereocenters. The number of para-hydroxylation sites is 1. The topological polar surface area (TPSA) is 35.2 Å². The Morgan fingerprint density at radius 3 is 2.82 bits per heavy atom. The first-order valence-corrected chi connectivity index (χ1v) is 6.75. The lowest BCUT2D eigenvalue weighted by molar-refractivity contribution is 0.163. The Morgan fingerprint density at radius 2 is 2.00 bits per heavy atom. The third-order valence-electron chi connectivity index (χ3n) is 4.20. The quantitative estimate of drug-likeness (QED) is 0.849. The molecule has 1 atom stereocenters. The molecular formula is C15H21NO. The van der Waals surface area contributed by atoms with Gasteiger partial charge in [0.2, 0.25) is 0 Å². The SMILES string of the molecule is NC1(CC2CCCC2)COc2ccccc2C1. The van der Waals surface area contributed by atoms with Gasteiger partial charge in [0.15, 0.2) is 0 Å². The van der Waals surface area contributed by atoms with Crippen LogP contribution in [0.1, 0.15) is 37.7 Å². The zero-order valence-electron chi connectivity index (χ0n) is 10.3. The molecule has 2 N–H and O–H groups in total. The second kappa shape index (κ2) is 4.34. The third kappa shape index (κ3) is 2.32. The summed E-state index contributed by atoms with van der Waals surface area (Å²) >= 11 is 0. The van der Waals surface area contributed by atoms with Gasteiger partial charge in [0.1, 0.15) is 12.4 Å². The molecule has 0 aromatic heterocycles. The van der Waals surface area contributed by atoms with E-state index in [9.17, 15) is 0 Å². The molecule has 17 heavy (non-hydrogen) atoms. The molecule has 0 amide bonds. The number of hydrogen-bond acceptors (Lipinski definition) is 2. The number of benzene rings is 1. The van der Waals surface area contributed by atoms with Gasteiger partial charge in [0, 0.05) is 0 Å². The maximum Gasteiger partial charge on any atom is 0.122 e. The fourth-order valence-corrected chi connectivity index (χ4v) is 3.36. The van der Waals surface area contributed by atoms with Crippen LogP contribution in [0.3, 0.4) is 0 Å². The molecule has 2 aliphatic rings. The van der Waals surface area contributed by atoms with Crippen molar-refractivity contribution in [2.45, 2.75) is 44.1 Å². The molecule has 1 aromatic carbocycles. The third-order valence-corrected chi connectivity index (χ3v) is 4.20. The van der Waals surface area contributed by atoms with E-state index in [1.165, 1.54) is 31.2 Å². The Labute approximate surface area is 103 Å². The van der Waals surface area contributed by atoms with Crippen LogP contribution in [-0.4, -0.2) is 12.1 Å². The van der Waals surface area contributed by atoms with Gasteiger partial charge < -0.3 is 10.5 Å². The van der Waals surface area contributed by atoms with Crippen LogP contribution in [0.2, 0.25) is 0 Å². The molecule has 92 valence electrons. The van der Waals surface area contributed by atoms with E-state index >= 15 is 0 Å². The fourth-order valence-electron chi connectivity index (χ4n) is 3.36. The second-order valence-corrected chi connectivity index (χ2v) is 5.79. The highest BCUT2D eigenvalue weighted by atomic mass is 16.5. The molecule has 3 rings (SSSR count). The number of fused-ring (bicyclic) bond motifs is 1. The summed E-state index contributed by atoms with van der Waals surface area (Å²) in [6, 6.07) is 8.29. The van der Waals surface area contributed by atoms with Crippen molar-refractivity contribution in [3.8, 4) is 5.75 Å². The molecular weight excluding hydrogens is 210 g/mol. The average molecular weight is 231 g/mol. The lowest BCUT2D eigenvalue weighted by atomic mass is 9.81. The van der Waals surface area contributed by atoms with Crippen LogP contribution in [0.25, 0.3) is 0 Å². The summed E-state index contributed by atoms with van der Waals surface area (Å²) in [5.41, 5.74) is 7.67. The van der Waals surface area contributed by atoms with Gasteiger partial charge in [0.25, 0.3) is 0 Å². The summed E-state index contributed by atoms with van der Waals surface area (Å²) in [6.45, 7) is 0.681. The second-order valence-electron chi connectivity index (χ2n) is 5.79. The van der Waals surface area contributed by atoms with Crippen molar-refractivity contribution in [2.24, 2.45) is 11.7 Å². The molecule has 1 fully saturated rings. The van der Waals surface area contributed by atoms with Gasteiger partial charge in [-0.2, -0.15) is 0 Å². The molecule has 0 bridgehead atoms. The standard InChI is InChI=1S/C15H21NO/c16-15(9-12-5-1-2-6-12)10-13-7-3-4-8-14(13)17-11-15/h3-4,7-8,12H,1-2,5-6,9-11,16H2. The van der Waals surface area contributed by atoms with E-state index in [-0.39, 0.29) is 5.54 Å². The zero-order valence-corrected chi connectivity index (χ0v) is 10.3. The van der Waals surface area contributed by atoms with Crippen molar-refractivity contribution in [1.82, 2.24) is 0 Å². The maximum atomic E-state index is 6.53. The van der Waals surface area contributed by atoms with Gasteiger partial charge in [-0.25, -0.2) is 0 Å². The number of nitrogens with two attached hydrogens (primary N) is 1. The Balaban J connectivity index is 1.73. The van der Waals surface area contributed by atoms with Crippen LogP contribution in [-0.2, 0) is 6.42 Å². The Bertz CT molecular complexity index is 398. The smallest absolute Gasteiger partial charge is 0.122 e. The molecule has 2 heteroatoms. The van der Waals surface area contributed by atoms with Crippen LogP contribution < -0.4 is 10.5 Å². The normalized spacial score (nSPS) is 28.8. The van der Waals surface area contributed by atoms with Gasteiger partial charge in [-0.3, -0.25) is 0 Å². The van der Waals surface area contributed by atoms with Crippen molar-refractivity contribution < 1.29 is 4.74 Å². The van der Waals surface area contributed by atoms with E-state index in [0.717, 1.165) is 24.5 Å². The zero-order chi connectivity index (χ0) is 11.7. The average Bonchev–Trinajstić information content (AvgIpc) is 2.81. The Hall–Kier alpha value is -1.02. The lowest BCUT2D eigenvalue weighted by Gasteiger charge is -2.36. The first-order chi connectivity index (χ1) is 8.25. The lowest BCUT2D eigenvalue weighted by Crippen LogP contribution is -2.51. The van der Waals surface area contributed by atoms with Crippen LogP contribution in [0.5, 0.6) is 5.75 Å². The van der Waals surface area contributed by atoms with E-state index in [0.29, 0.717) is 6.61 Å². The van der Waals surface area contributed by atoms with Crippen molar-refractivity contribution >= 4 is 0 Å². The van der Waals surface area contributed by atoms with E-state index < -0.39 is 0 Å². The molecule has 1 saturated carbocycles. The summed E-state index contributed by atoms with van der Waals surface area (Å²) in [5.74, 6) is 1.86. The minimum atomic E-state index is -0.136. The predicted molar refractivity (Wildman–Crippen MR) is 69.1 cm³/mol. The van der Waals surface area contributed by atoms with E-state index in [2.05, 4.69) is 12.1 Å². The van der Waals surface area contributed by atoms with Crippen molar-refractivity contribution in [3.63, 3.8) is 0 Å². The molecule has 1 aromatic rings. The highest BCUT2D eigenvalue weighted by molar-refractivity contribution is 5.36. The largest absolute Gasteiger partial charge is 0.491 e. The van der Waals surface area contributed by atoms with Gasteiger partial charge >= 0.3 is 0 Å². The van der Waals surface area contributed by atoms with Crippen LogP contribution in [0.4, 0.5) is 0 Å². The summed E-state index contributed by atoms with van der Waals surface area (Å²) < 4.78 is 5.82. The summed E-state index contributed by atoms with van der Waals surface area (Å²) in [6.07, 6.45) is 7.60. The Morgan fingerprint density at radius 1 is 1.24 bits per heavy atom. The molecule has 1 aliphatic carbocycles. The summed E-state index contributed by atoms with van der Waals surface area (Å²) in [7, 11) is 0. The van der Waals surface area contributed by atoms with Crippen LogP contribution >= 0.6 is 0 Å². The number of hydrogen-bond donors (Lipinski definition) is 1. The maximum absolute atomic E-state index is 6.53. The minimum absolute atomic E-state index is 0.136. The van der Waals surface area contributed by atoms with Crippen molar-refractivity contribution in [3.05, 3.63) is 29.8 Å². The van der Waals surface area contributed by atoms with Gasteiger partial charge in [-0.05, 0) is 30.4 Å². The first kappa shape index (κ1) is 11.1. The molecule has 0 saturated heterocycles. The monoisotopic (exact) mass is 231 g/mol. The highest BCUT2D eigenvalue weighted by Crippen LogP contribution is 2.36. The van der Waals surface area contributed by atoms with Crippen LogP contribution in [0, 0.1) is 5.92 Å². The predicted octanol–water partition coefficient (Wildman–Crippen LogP) is 2.90. The molecule has 0 radical (unpaired) electrons. The summed E-state index contributed by atoms with van der Waals surface area (Å²) in [5, 5.41) is 0. The summed E-state index contributed by atoms with van der Waals surface area (Å²) in [4.78, 5) is 0. The molecule has 1 heterocycles. The number of rotatable bonds is 2. The molecule has 0 spiro atoms. The molecule has 1 aliphatic heterocycles. The van der Waals surface area contributed by atoms with Gasteiger partial charge in [0.05, 0.1) is 5.54 Å². The van der Waals surface area contributed by atoms with Gasteiger partial charge in [-0.15, -0.1) is 0 Å². The first-order valence-electron chi connectivity index (χ1n) is 6.75.